The summed E-state index contributed by atoms with van der Waals surface area (Å²) in [6.45, 7) is 2.86. The summed E-state index contributed by atoms with van der Waals surface area (Å²) in [6, 6.07) is 11.8. The Labute approximate surface area is 131 Å². The fraction of sp³-hybridized carbons (Fsp3) is 0.250. The second kappa shape index (κ2) is 5.95. The molecule has 0 saturated heterocycles. The number of nitrogens with one attached hydrogen (secondary N) is 1. The SMILES string of the molecule is CC(NCc1cc2c(cc1O)OCO2)c1ccc(Br)cc1. The van der Waals surface area contributed by atoms with Gasteiger partial charge in [0.05, 0.1) is 0 Å². The maximum absolute atomic E-state index is 10.0. The van der Waals surface area contributed by atoms with Gasteiger partial charge in [-0.25, -0.2) is 0 Å². The van der Waals surface area contributed by atoms with Gasteiger partial charge in [0.2, 0.25) is 6.79 Å². The molecule has 4 nitrogen and oxygen atoms in total. The van der Waals surface area contributed by atoms with Gasteiger partial charge in [0, 0.05) is 28.7 Å². The third kappa shape index (κ3) is 3.14. The summed E-state index contributed by atoms with van der Waals surface area (Å²) in [4.78, 5) is 0. The van der Waals surface area contributed by atoms with E-state index in [9.17, 15) is 5.11 Å². The van der Waals surface area contributed by atoms with Crippen LogP contribution in [-0.4, -0.2) is 11.9 Å². The molecule has 3 rings (SSSR count). The largest absolute Gasteiger partial charge is 0.507 e. The Morgan fingerprint density at radius 2 is 1.86 bits per heavy atom. The molecule has 1 atom stereocenters. The van der Waals surface area contributed by atoms with Crippen LogP contribution in [0.5, 0.6) is 17.2 Å². The summed E-state index contributed by atoms with van der Waals surface area (Å²) in [5, 5.41) is 13.4. The molecule has 1 unspecified atom stereocenters. The van der Waals surface area contributed by atoms with Gasteiger partial charge in [-0.2, -0.15) is 0 Å². The van der Waals surface area contributed by atoms with Crippen LogP contribution in [0.2, 0.25) is 0 Å². The molecule has 0 aliphatic carbocycles. The average Bonchev–Trinajstić information content (AvgIpc) is 2.92. The normalized spacial score (nSPS) is 14.2. The highest BCUT2D eigenvalue weighted by molar-refractivity contribution is 9.10. The highest BCUT2D eigenvalue weighted by atomic mass is 79.9. The van der Waals surface area contributed by atoms with E-state index in [2.05, 4.69) is 40.3 Å². The summed E-state index contributed by atoms with van der Waals surface area (Å²) >= 11 is 3.43. The van der Waals surface area contributed by atoms with E-state index in [-0.39, 0.29) is 18.6 Å². The van der Waals surface area contributed by atoms with E-state index in [1.165, 1.54) is 5.56 Å². The number of hydrogen-bond donors (Lipinski definition) is 2. The molecule has 2 aromatic rings. The van der Waals surface area contributed by atoms with E-state index in [0.29, 0.717) is 18.0 Å². The molecule has 0 bridgehead atoms. The molecule has 0 radical (unpaired) electrons. The van der Waals surface area contributed by atoms with Crippen molar-refractivity contribution in [3.63, 3.8) is 0 Å². The molecule has 2 aromatic carbocycles. The highest BCUT2D eigenvalue weighted by Gasteiger charge is 2.17. The predicted octanol–water partition coefficient (Wildman–Crippen LogP) is 3.73. The zero-order chi connectivity index (χ0) is 14.8. The van der Waals surface area contributed by atoms with Crippen LogP contribution in [0.15, 0.2) is 40.9 Å². The quantitative estimate of drug-likeness (QED) is 0.882. The van der Waals surface area contributed by atoms with Crippen LogP contribution in [0.3, 0.4) is 0 Å². The molecule has 5 heteroatoms. The van der Waals surface area contributed by atoms with E-state index in [1.54, 1.807) is 6.07 Å². The molecular formula is C16H16BrNO3. The first-order chi connectivity index (χ1) is 10.1. The summed E-state index contributed by atoms with van der Waals surface area (Å²) in [7, 11) is 0. The molecule has 0 aromatic heterocycles. The van der Waals surface area contributed by atoms with Crippen LogP contribution in [0.1, 0.15) is 24.1 Å². The van der Waals surface area contributed by atoms with Gasteiger partial charge in [-0.05, 0) is 30.7 Å². The molecule has 1 aliphatic rings. The molecule has 0 saturated carbocycles. The lowest BCUT2D eigenvalue weighted by atomic mass is 10.1. The van der Waals surface area contributed by atoms with Gasteiger partial charge in [-0.15, -0.1) is 0 Å². The van der Waals surface area contributed by atoms with Crippen molar-refractivity contribution in [1.82, 2.24) is 5.32 Å². The van der Waals surface area contributed by atoms with Crippen LogP contribution in [0.4, 0.5) is 0 Å². The van der Waals surface area contributed by atoms with E-state index < -0.39 is 0 Å². The number of benzene rings is 2. The van der Waals surface area contributed by atoms with E-state index in [1.807, 2.05) is 18.2 Å². The molecule has 1 heterocycles. The smallest absolute Gasteiger partial charge is 0.231 e. The summed E-state index contributed by atoms with van der Waals surface area (Å²) in [5.41, 5.74) is 1.99. The maximum Gasteiger partial charge on any atom is 0.231 e. The topological polar surface area (TPSA) is 50.7 Å². The van der Waals surface area contributed by atoms with Crippen molar-refractivity contribution >= 4 is 15.9 Å². The van der Waals surface area contributed by atoms with Crippen LogP contribution >= 0.6 is 15.9 Å². The monoisotopic (exact) mass is 349 g/mol. The third-order valence-electron chi connectivity index (χ3n) is 3.54. The fourth-order valence-corrected chi connectivity index (χ4v) is 2.51. The summed E-state index contributed by atoms with van der Waals surface area (Å²) in [6.07, 6.45) is 0. The molecule has 0 spiro atoms. The predicted molar refractivity (Wildman–Crippen MR) is 83.6 cm³/mol. The van der Waals surface area contributed by atoms with Gasteiger partial charge in [-0.1, -0.05) is 28.1 Å². The van der Waals surface area contributed by atoms with Crippen molar-refractivity contribution in [2.75, 3.05) is 6.79 Å². The highest BCUT2D eigenvalue weighted by Crippen LogP contribution is 2.37. The lowest BCUT2D eigenvalue weighted by molar-refractivity contribution is 0.174. The number of ether oxygens (including phenoxy) is 2. The van der Waals surface area contributed by atoms with E-state index in [4.69, 9.17) is 9.47 Å². The Morgan fingerprint density at radius 3 is 2.57 bits per heavy atom. The van der Waals surface area contributed by atoms with Crippen molar-refractivity contribution in [3.05, 3.63) is 52.0 Å². The zero-order valence-electron chi connectivity index (χ0n) is 11.6. The number of rotatable bonds is 4. The number of hydrogen-bond acceptors (Lipinski definition) is 4. The van der Waals surface area contributed by atoms with Gasteiger partial charge in [-0.3, -0.25) is 0 Å². The number of fused-ring (bicyclic) bond motifs is 1. The number of halogens is 1. The lowest BCUT2D eigenvalue weighted by Crippen LogP contribution is -2.18. The van der Waals surface area contributed by atoms with Gasteiger partial charge in [0.1, 0.15) is 5.75 Å². The minimum atomic E-state index is 0.183. The molecule has 2 N–H and O–H groups in total. The second-order valence-corrected chi connectivity index (χ2v) is 5.90. The Kier molecular flexibility index (Phi) is 4.03. The first kappa shape index (κ1) is 14.2. The van der Waals surface area contributed by atoms with Crippen LogP contribution < -0.4 is 14.8 Å². The number of phenols is 1. The standard InChI is InChI=1S/C16H16BrNO3/c1-10(11-2-4-13(17)5-3-11)18-8-12-6-15-16(7-14(12)19)21-9-20-15/h2-7,10,18-19H,8-9H2,1H3. The van der Waals surface area contributed by atoms with Crippen molar-refractivity contribution in [1.29, 1.82) is 0 Å². The van der Waals surface area contributed by atoms with Crippen molar-refractivity contribution < 1.29 is 14.6 Å². The Hall–Kier alpha value is -1.72. The summed E-state index contributed by atoms with van der Waals surface area (Å²) < 4.78 is 11.6. The van der Waals surface area contributed by atoms with E-state index >= 15 is 0 Å². The maximum atomic E-state index is 10.0. The first-order valence-electron chi connectivity index (χ1n) is 6.74. The molecule has 110 valence electrons. The molecule has 0 fully saturated rings. The molecule has 1 aliphatic heterocycles. The first-order valence-corrected chi connectivity index (χ1v) is 7.53. The van der Waals surface area contributed by atoms with Crippen molar-refractivity contribution in [3.8, 4) is 17.2 Å². The van der Waals surface area contributed by atoms with Gasteiger partial charge in [0.15, 0.2) is 11.5 Å². The van der Waals surface area contributed by atoms with Crippen LogP contribution in [0, 0.1) is 0 Å². The van der Waals surface area contributed by atoms with E-state index in [0.717, 1.165) is 10.0 Å². The summed E-state index contributed by atoms with van der Waals surface area (Å²) in [5.74, 6) is 1.49. The van der Waals surface area contributed by atoms with Crippen LogP contribution in [0.25, 0.3) is 0 Å². The van der Waals surface area contributed by atoms with Crippen LogP contribution in [-0.2, 0) is 6.54 Å². The minimum absolute atomic E-state index is 0.183. The fourth-order valence-electron chi connectivity index (χ4n) is 2.25. The lowest BCUT2D eigenvalue weighted by Gasteiger charge is -2.15. The minimum Gasteiger partial charge on any atom is -0.507 e. The third-order valence-corrected chi connectivity index (χ3v) is 4.07. The number of aromatic hydroxyl groups is 1. The van der Waals surface area contributed by atoms with Crippen molar-refractivity contribution in [2.45, 2.75) is 19.5 Å². The average molecular weight is 350 g/mol. The molecular weight excluding hydrogens is 334 g/mol. The second-order valence-electron chi connectivity index (χ2n) is 4.99. The zero-order valence-corrected chi connectivity index (χ0v) is 13.2. The number of phenolic OH excluding ortho intramolecular Hbond substituents is 1. The Bertz CT molecular complexity index is 643. The Morgan fingerprint density at radius 1 is 1.19 bits per heavy atom. The Balaban J connectivity index is 1.68. The van der Waals surface area contributed by atoms with Gasteiger partial charge >= 0.3 is 0 Å². The molecule has 0 amide bonds. The molecule has 21 heavy (non-hydrogen) atoms. The van der Waals surface area contributed by atoms with Gasteiger partial charge in [0.25, 0.3) is 0 Å². The van der Waals surface area contributed by atoms with Gasteiger partial charge < -0.3 is 19.9 Å². The van der Waals surface area contributed by atoms with Crippen molar-refractivity contribution in [2.24, 2.45) is 0 Å².